The number of hydrogen-bond donors (Lipinski definition) is 3. The minimum absolute atomic E-state index is 0.110. The molecule has 0 spiro atoms. The van der Waals surface area contributed by atoms with Gasteiger partial charge >= 0.3 is 6.03 Å². The molecule has 0 saturated carbocycles. The van der Waals surface area contributed by atoms with Gasteiger partial charge in [-0.2, -0.15) is 0 Å². The highest BCUT2D eigenvalue weighted by Crippen LogP contribution is 2.23. The minimum Gasteiger partial charge on any atom is -0.324 e. The van der Waals surface area contributed by atoms with Crippen molar-refractivity contribution in [2.75, 3.05) is 10.6 Å². The highest BCUT2D eigenvalue weighted by Gasteiger charge is 2.07. The summed E-state index contributed by atoms with van der Waals surface area (Å²) < 4.78 is 13.5. The number of halogens is 2. The van der Waals surface area contributed by atoms with E-state index < -0.39 is 6.03 Å². The maximum atomic E-state index is 13.0. The zero-order chi connectivity index (χ0) is 15.4. The molecule has 0 heterocycles. The molecule has 0 aromatic heterocycles. The van der Waals surface area contributed by atoms with Crippen molar-refractivity contribution in [1.82, 2.24) is 0 Å². The number of hydrogen-bond acceptors (Lipinski definition) is 2. The first-order chi connectivity index (χ1) is 9.95. The van der Waals surface area contributed by atoms with Crippen LogP contribution in [0.4, 0.5) is 20.6 Å². The van der Waals surface area contributed by atoms with E-state index in [-0.39, 0.29) is 11.9 Å². The standard InChI is InChI=1S/C15H15BrFN3O/c1-9(18)10-3-2-4-12(7-10)19-15(21)20-14-6-5-11(17)8-13(14)16/h2-9H,18H2,1H3,(H2,19,20,21). The Balaban J connectivity index is 2.06. The van der Waals surface area contributed by atoms with Gasteiger partial charge in [0.15, 0.2) is 0 Å². The first kappa shape index (κ1) is 15.5. The molecular formula is C15H15BrFN3O. The van der Waals surface area contributed by atoms with E-state index in [0.29, 0.717) is 15.8 Å². The molecule has 2 aromatic carbocycles. The Morgan fingerprint density at radius 3 is 2.67 bits per heavy atom. The van der Waals surface area contributed by atoms with Crippen LogP contribution in [0, 0.1) is 5.82 Å². The monoisotopic (exact) mass is 351 g/mol. The Morgan fingerprint density at radius 1 is 1.24 bits per heavy atom. The van der Waals surface area contributed by atoms with Gasteiger partial charge in [0, 0.05) is 16.2 Å². The molecule has 0 bridgehead atoms. The van der Waals surface area contributed by atoms with Crippen molar-refractivity contribution in [3.05, 3.63) is 58.3 Å². The van der Waals surface area contributed by atoms with E-state index >= 15 is 0 Å². The molecule has 0 fully saturated rings. The Kier molecular flexibility index (Phi) is 4.93. The van der Waals surface area contributed by atoms with Gasteiger partial charge in [-0.15, -0.1) is 0 Å². The van der Waals surface area contributed by atoms with Crippen molar-refractivity contribution in [3.63, 3.8) is 0 Å². The van der Waals surface area contributed by atoms with Gasteiger partial charge < -0.3 is 16.4 Å². The number of nitrogens with two attached hydrogens (primary N) is 1. The van der Waals surface area contributed by atoms with Crippen molar-refractivity contribution >= 4 is 33.3 Å². The third-order valence-corrected chi connectivity index (χ3v) is 3.51. The second-order valence-corrected chi connectivity index (χ2v) is 5.47. The Morgan fingerprint density at radius 2 is 2.00 bits per heavy atom. The van der Waals surface area contributed by atoms with Gasteiger partial charge in [0.05, 0.1) is 5.69 Å². The lowest BCUT2D eigenvalue weighted by molar-refractivity contribution is 0.262. The van der Waals surface area contributed by atoms with Gasteiger partial charge in [-0.25, -0.2) is 9.18 Å². The number of amides is 2. The zero-order valence-electron chi connectivity index (χ0n) is 11.4. The molecule has 0 aliphatic carbocycles. The summed E-state index contributed by atoms with van der Waals surface area (Å²) in [7, 11) is 0. The molecule has 1 atom stereocenters. The smallest absolute Gasteiger partial charge is 0.323 e. The molecule has 2 amide bonds. The van der Waals surface area contributed by atoms with Crippen LogP contribution in [0.1, 0.15) is 18.5 Å². The molecule has 0 saturated heterocycles. The molecule has 4 nitrogen and oxygen atoms in total. The molecule has 6 heteroatoms. The van der Waals surface area contributed by atoms with Crippen LogP contribution < -0.4 is 16.4 Å². The van der Waals surface area contributed by atoms with Crippen LogP contribution in [0.5, 0.6) is 0 Å². The maximum Gasteiger partial charge on any atom is 0.323 e. The fraction of sp³-hybridized carbons (Fsp3) is 0.133. The van der Waals surface area contributed by atoms with Crippen LogP contribution in [-0.4, -0.2) is 6.03 Å². The lowest BCUT2D eigenvalue weighted by atomic mass is 10.1. The van der Waals surface area contributed by atoms with Crippen LogP contribution in [0.25, 0.3) is 0 Å². The molecule has 0 aliphatic heterocycles. The van der Waals surface area contributed by atoms with Gasteiger partial charge in [-0.3, -0.25) is 0 Å². The van der Waals surface area contributed by atoms with E-state index in [9.17, 15) is 9.18 Å². The lowest BCUT2D eigenvalue weighted by Gasteiger charge is -2.11. The van der Waals surface area contributed by atoms with Crippen LogP contribution in [0.2, 0.25) is 0 Å². The summed E-state index contributed by atoms with van der Waals surface area (Å²) >= 11 is 3.19. The Hall–Kier alpha value is -1.92. The summed E-state index contributed by atoms with van der Waals surface area (Å²) in [5, 5.41) is 5.35. The topological polar surface area (TPSA) is 67.1 Å². The summed E-state index contributed by atoms with van der Waals surface area (Å²) in [6.07, 6.45) is 0. The van der Waals surface area contributed by atoms with Crippen LogP contribution >= 0.6 is 15.9 Å². The number of carbonyl (C=O) groups is 1. The number of urea groups is 1. The lowest BCUT2D eigenvalue weighted by Crippen LogP contribution is -2.20. The Bertz CT molecular complexity index is 661. The third kappa shape index (κ3) is 4.27. The van der Waals surface area contributed by atoms with Crippen molar-refractivity contribution < 1.29 is 9.18 Å². The molecular weight excluding hydrogens is 337 g/mol. The van der Waals surface area contributed by atoms with E-state index in [1.54, 1.807) is 6.07 Å². The highest BCUT2D eigenvalue weighted by atomic mass is 79.9. The molecule has 0 radical (unpaired) electrons. The fourth-order valence-electron chi connectivity index (χ4n) is 1.78. The number of rotatable bonds is 3. The molecule has 1 unspecified atom stereocenters. The summed E-state index contributed by atoms with van der Waals surface area (Å²) in [6, 6.07) is 10.8. The van der Waals surface area contributed by atoms with Gasteiger partial charge in [-0.1, -0.05) is 12.1 Å². The van der Waals surface area contributed by atoms with Gasteiger partial charge in [0.1, 0.15) is 5.82 Å². The predicted molar refractivity (Wildman–Crippen MR) is 85.8 cm³/mol. The van der Waals surface area contributed by atoms with E-state index in [4.69, 9.17) is 5.73 Å². The summed E-state index contributed by atoms with van der Waals surface area (Å²) in [6.45, 7) is 1.87. The molecule has 2 rings (SSSR count). The first-order valence-electron chi connectivity index (χ1n) is 6.34. The molecule has 4 N–H and O–H groups in total. The number of anilines is 2. The third-order valence-electron chi connectivity index (χ3n) is 2.85. The molecule has 0 aliphatic rings. The zero-order valence-corrected chi connectivity index (χ0v) is 12.9. The predicted octanol–water partition coefficient (Wildman–Crippen LogP) is 4.25. The normalized spacial score (nSPS) is 11.8. The molecule has 110 valence electrons. The summed E-state index contributed by atoms with van der Waals surface area (Å²) in [5.41, 5.74) is 7.85. The van der Waals surface area contributed by atoms with Crippen LogP contribution in [0.3, 0.4) is 0 Å². The SMILES string of the molecule is CC(N)c1cccc(NC(=O)Nc2ccc(F)cc2Br)c1. The maximum absolute atomic E-state index is 13.0. The first-order valence-corrected chi connectivity index (χ1v) is 7.13. The van der Waals surface area contributed by atoms with Crippen LogP contribution in [0.15, 0.2) is 46.9 Å². The summed E-state index contributed by atoms with van der Waals surface area (Å²) in [4.78, 5) is 11.9. The second kappa shape index (κ2) is 6.69. The average Bonchev–Trinajstić information content (AvgIpc) is 2.42. The largest absolute Gasteiger partial charge is 0.324 e. The second-order valence-electron chi connectivity index (χ2n) is 4.62. The fourth-order valence-corrected chi connectivity index (χ4v) is 2.23. The Labute approximate surface area is 130 Å². The van der Waals surface area contributed by atoms with Crippen LogP contribution in [-0.2, 0) is 0 Å². The minimum atomic E-state index is -0.413. The van der Waals surface area contributed by atoms with Gasteiger partial charge in [0.2, 0.25) is 0 Å². The van der Waals surface area contributed by atoms with E-state index in [1.165, 1.54) is 18.2 Å². The van der Waals surface area contributed by atoms with Crippen molar-refractivity contribution in [3.8, 4) is 0 Å². The number of carbonyl (C=O) groups excluding carboxylic acids is 1. The van der Waals surface area contributed by atoms with Crippen molar-refractivity contribution in [1.29, 1.82) is 0 Å². The molecule has 21 heavy (non-hydrogen) atoms. The van der Waals surface area contributed by atoms with Crippen molar-refractivity contribution in [2.24, 2.45) is 5.73 Å². The molecule has 2 aromatic rings. The van der Waals surface area contributed by atoms with Gasteiger partial charge in [-0.05, 0) is 58.7 Å². The quantitative estimate of drug-likeness (QED) is 0.773. The van der Waals surface area contributed by atoms with E-state index in [0.717, 1.165) is 5.56 Å². The van der Waals surface area contributed by atoms with Crippen molar-refractivity contribution in [2.45, 2.75) is 13.0 Å². The highest BCUT2D eigenvalue weighted by molar-refractivity contribution is 9.10. The van der Waals surface area contributed by atoms with Gasteiger partial charge in [0.25, 0.3) is 0 Å². The van der Waals surface area contributed by atoms with E-state index in [2.05, 4.69) is 26.6 Å². The van der Waals surface area contributed by atoms with E-state index in [1.807, 2.05) is 25.1 Å². The number of nitrogens with one attached hydrogen (secondary N) is 2. The average molecular weight is 352 g/mol. The summed E-state index contributed by atoms with van der Waals surface area (Å²) in [5.74, 6) is -0.377. The number of benzene rings is 2.